The van der Waals surface area contributed by atoms with Crippen LogP contribution in [0.2, 0.25) is 0 Å². The lowest BCUT2D eigenvalue weighted by molar-refractivity contribution is -0.140. The van der Waals surface area contributed by atoms with Gasteiger partial charge in [-0.15, -0.1) is 11.3 Å². The van der Waals surface area contributed by atoms with Gasteiger partial charge in [0.25, 0.3) is 0 Å². The Hall–Kier alpha value is -2.42. The minimum Gasteiger partial charge on any atom is -0.368 e. The van der Waals surface area contributed by atoms with Crippen LogP contribution in [0.3, 0.4) is 0 Å². The fourth-order valence-electron chi connectivity index (χ4n) is 4.83. The van der Waals surface area contributed by atoms with Gasteiger partial charge in [0, 0.05) is 49.5 Å². The monoisotopic (exact) mass is 431 g/mol. The molecule has 2 aliphatic rings. The Kier molecular flexibility index (Phi) is 5.81. The minimum absolute atomic E-state index is 0.00240. The van der Waals surface area contributed by atoms with Crippen molar-refractivity contribution < 1.29 is 14.4 Å². The summed E-state index contributed by atoms with van der Waals surface area (Å²) in [4.78, 5) is 46.3. The summed E-state index contributed by atoms with van der Waals surface area (Å²) in [6.07, 6.45) is 3.64. The minimum atomic E-state index is -0.521. The Morgan fingerprint density at radius 1 is 1.13 bits per heavy atom. The van der Waals surface area contributed by atoms with E-state index in [1.807, 2.05) is 11.8 Å². The number of primary amides is 1. The Bertz CT molecular complexity index is 981. The number of thiazole rings is 1. The Morgan fingerprint density at radius 3 is 2.63 bits per heavy atom. The molecular formula is C21H29N5O3S. The van der Waals surface area contributed by atoms with Crippen molar-refractivity contribution in [2.75, 3.05) is 19.6 Å². The number of aryl methyl sites for hydroxylation is 2. The number of imidazole rings is 1. The fourth-order valence-corrected chi connectivity index (χ4v) is 5.93. The molecule has 2 atom stereocenters. The zero-order chi connectivity index (χ0) is 21.4. The maximum absolute atomic E-state index is 12.8. The average molecular weight is 432 g/mol. The first-order valence-electron chi connectivity index (χ1n) is 10.7. The number of fused-ring (bicyclic) bond motifs is 1. The average Bonchev–Trinajstić information content (AvgIpc) is 3.44. The van der Waals surface area contributed by atoms with E-state index >= 15 is 0 Å². The van der Waals surface area contributed by atoms with Gasteiger partial charge in [-0.1, -0.05) is 0 Å². The number of nitrogens with two attached hydrogens (primary N) is 1. The lowest BCUT2D eigenvalue weighted by Gasteiger charge is -2.32. The second kappa shape index (κ2) is 8.37. The first-order chi connectivity index (χ1) is 14.4. The lowest BCUT2D eigenvalue weighted by atomic mass is 9.95. The number of carbonyl (C=O) groups excluding carboxylic acids is 3. The van der Waals surface area contributed by atoms with Crippen molar-refractivity contribution in [2.24, 2.45) is 5.73 Å². The third kappa shape index (κ3) is 3.82. The molecule has 8 nitrogen and oxygen atoms in total. The smallest absolute Gasteiger partial charge is 0.240 e. The number of nitrogens with zero attached hydrogens (tertiary/aromatic N) is 4. The van der Waals surface area contributed by atoms with E-state index in [1.165, 1.54) is 10.5 Å². The van der Waals surface area contributed by atoms with E-state index in [9.17, 15) is 14.4 Å². The number of rotatable bonds is 5. The van der Waals surface area contributed by atoms with Crippen LogP contribution in [0, 0.1) is 13.8 Å². The molecule has 0 spiro atoms. The van der Waals surface area contributed by atoms with Gasteiger partial charge < -0.3 is 15.5 Å². The Balaban J connectivity index is 1.38. The zero-order valence-corrected chi connectivity index (χ0v) is 18.4. The van der Waals surface area contributed by atoms with Gasteiger partial charge in [0.15, 0.2) is 0 Å². The second-order valence-corrected chi connectivity index (χ2v) is 9.25. The molecule has 2 aromatic heterocycles. The molecule has 9 heteroatoms. The first kappa shape index (κ1) is 20.8. The van der Waals surface area contributed by atoms with Crippen molar-refractivity contribution in [3.05, 3.63) is 22.6 Å². The van der Waals surface area contributed by atoms with Crippen molar-refractivity contribution >= 4 is 33.9 Å². The maximum atomic E-state index is 12.8. The summed E-state index contributed by atoms with van der Waals surface area (Å²) in [5, 5.41) is 2.14. The molecule has 4 heterocycles. The van der Waals surface area contributed by atoms with Crippen LogP contribution in [0.1, 0.15) is 61.7 Å². The van der Waals surface area contributed by atoms with Gasteiger partial charge in [0.1, 0.15) is 16.7 Å². The van der Waals surface area contributed by atoms with Crippen LogP contribution in [0.4, 0.5) is 0 Å². The van der Waals surface area contributed by atoms with Crippen LogP contribution in [0.5, 0.6) is 0 Å². The third-order valence-corrected chi connectivity index (χ3v) is 7.41. The van der Waals surface area contributed by atoms with Crippen LogP contribution in [-0.4, -0.2) is 62.6 Å². The van der Waals surface area contributed by atoms with Gasteiger partial charge in [-0.25, -0.2) is 4.98 Å². The number of carbonyl (C=O) groups is 3. The van der Waals surface area contributed by atoms with Crippen LogP contribution in [-0.2, 0) is 14.4 Å². The number of aromatic nitrogens is 2. The van der Waals surface area contributed by atoms with E-state index in [2.05, 4.69) is 16.7 Å². The summed E-state index contributed by atoms with van der Waals surface area (Å²) in [6, 6.07) is -0.521. The highest BCUT2D eigenvalue weighted by Gasteiger charge is 2.33. The molecule has 4 rings (SSSR count). The zero-order valence-electron chi connectivity index (χ0n) is 17.6. The molecular weight excluding hydrogens is 402 g/mol. The molecule has 0 bridgehead atoms. The number of hydrogen-bond acceptors (Lipinski definition) is 5. The van der Waals surface area contributed by atoms with Crippen molar-refractivity contribution in [3.63, 3.8) is 0 Å². The van der Waals surface area contributed by atoms with Gasteiger partial charge >= 0.3 is 0 Å². The van der Waals surface area contributed by atoms with E-state index in [0.717, 1.165) is 37.3 Å². The molecule has 0 radical (unpaired) electrons. The molecule has 0 unspecified atom stereocenters. The summed E-state index contributed by atoms with van der Waals surface area (Å²) >= 11 is 1.70. The predicted molar refractivity (Wildman–Crippen MR) is 114 cm³/mol. The number of likely N-dealkylation sites (tertiary alicyclic amines) is 2. The SMILES string of the molecule is Cc1csc2c([C@@H]3CCCN(C(=O)CCC(=O)N4CCC[C@@H]4C(N)=O)C3)nc(C)n12. The Labute approximate surface area is 180 Å². The lowest BCUT2D eigenvalue weighted by Crippen LogP contribution is -2.44. The summed E-state index contributed by atoms with van der Waals surface area (Å²) in [6.45, 7) is 6.01. The van der Waals surface area contributed by atoms with Gasteiger partial charge in [-0.2, -0.15) is 0 Å². The standard InChI is InChI=1S/C21H29N5O3S/c1-13-12-30-21-19(23-14(2)26(13)21)15-5-3-9-24(11-15)17(27)7-8-18(28)25-10-4-6-16(25)20(22)29/h12,15-16H,3-11H2,1-2H3,(H2,22,29)/t15-,16-/m1/s1. The normalized spacial score (nSPS) is 22.1. The molecule has 3 amide bonds. The van der Waals surface area contributed by atoms with Crippen LogP contribution < -0.4 is 5.73 Å². The van der Waals surface area contributed by atoms with E-state index in [4.69, 9.17) is 10.7 Å². The predicted octanol–water partition coefficient (Wildman–Crippen LogP) is 1.98. The van der Waals surface area contributed by atoms with Crippen LogP contribution in [0.15, 0.2) is 5.38 Å². The summed E-state index contributed by atoms with van der Waals surface area (Å²) < 4.78 is 2.19. The van der Waals surface area contributed by atoms with Gasteiger partial charge in [-0.05, 0) is 39.5 Å². The largest absolute Gasteiger partial charge is 0.368 e. The van der Waals surface area contributed by atoms with Gasteiger partial charge in [0.2, 0.25) is 17.7 Å². The number of amides is 3. The van der Waals surface area contributed by atoms with Crippen LogP contribution in [0.25, 0.3) is 4.83 Å². The molecule has 2 saturated heterocycles. The maximum Gasteiger partial charge on any atom is 0.240 e. The summed E-state index contributed by atoms with van der Waals surface area (Å²) in [5.41, 5.74) is 7.67. The first-order valence-corrected chi connectivity index (χ1v) is 11.5. The fraction of sp³-hybridized carbons (Fsp3) is 0.619. The topological polar surface area (TPSA) is 101 Å². The number of piperidine rings is 1. The third-order valence-electron chi connectivity index (χ3n) is 6.34. The molecule has 2 aliphatic heterocycles. The van der Waals surface area contributed by atoms with E-state index < -0.39 is 11.9 Å². The van der Waals surface area contributed by atoms with Crippen molar-refractivity contribution in [1.29, 1.82) is 0 Å². The molecule has 0 aromatic carbocycles. The van der Waals surface area contributed by atoms with Crippen molar-refractivity contribution in [3.8, 4) is 0 Å². The van der Waals surface area contributed by atoms with E-state index in [1.54, 1.807) is 16.2 Å². The molecule has 0 saturated carbocycles. The second-order valence-electron chi connectivity index (χ2n) is 8.39. The Morgan fingerprint density at radius 2 is 1.87 bits per heavy atom. The highest BCUT2D eigenvalue weighted by Crippen LogP contribution is 2.33. The molecule has 2 N–H and O–H groups in total. The van der Waals surface area contributed by atoms with Gasteiger partial charge in [-0.3, -0.25) is 18.8 Å². The summed E-state index contributed by atoms with van der Waals surface area (Å²) in [7, 11) is 0. The van der Waals surface area contributed by atoms with Gasteiger partial charge in [0.05, 0.1) is 5.69 Å². The van der Waals surface area contributed by atoms with Crippen LogP contribution >= 0.6 is 11.3 Å². The quantitative estimate of drug-likeness (QED) is 0.782. The van der Waals surface area contributed by atoms with E-state index in [-0.39, 0.29) is 30.6 Å². The molecule has 30 heavy (non-hydrogen) atoms. The highest BCUT2D eigenvalue weighted by atomic mass is 32.1. The van der Waals surface area contributed by atoms with Crippen molar-refractivity contribution in [2.45, 2.75) is 64.3 Å². The highest BCUT2D eigenvalue weighted by molar-refractivity contribution is 7.15. The molecule has 162 valence electrons. The van der Waals surface area contributed by atoms with Crippen molar-refractivity contribution in [1.82, 2.24) is 19.2 Å². The summed E-state index contributed by atoms with van der Waals surface area (Å²) in [5.74, 6) is 0.591. The molecule has 0 aliphatic carbocycles. The number of hydrogen-bond donors (Lipinski definition) is 1. The van der Waals surface area contributed by atoms with E-state index in [0.29, 0.717) is 19.5 Å². The molecule has 2 fully saturated rings. The molecule has 2 aromatic rings.